The molecule has 0 aromatic carbocycles. The third-order valence-electron chi connectivity index (χ3n) is 4.64. The molecule has 134 valence electrons. The molecule has 3 aromatic rings. The standard InChI is InChI=1S/C18H21N5.2ClH/c1-13-17(15-4-8-19-9-5-15)18-21-10-6-16(23(18)22-13)11-14-3-2-7-20-12-14;;/h4-6,8-10,14,20H,2-3,7,11-12H2,1H3;2*1H. The van der Waals surface area contributed by atoms with E-state index in [1.807, 2.05) is 35.2 Å². The molecular weight excluding hydrogens is 357 g/mol. The summed E-state index contributed by atoms with van der Waals surface area (Å²) in [5.41, 5.74) is 5.42. The lowest BCUT2D eigenvalue weighted by Gasteiger charge is -2.22. The van der Waals surface area contributed by atoms with Crippen molar-refractivity contribution in [3.63, 3.8) is 0 Å². The van der Waals surface area contributed by atoms with Crippen molar-refractivity contribution in [3.8, 4) is 11.1 Å². The van der Waals surface area contributed by atoms with Gasteiger partial charge in [-0.2, -0.15) is 5.10 Å². The fourth-order valence-electron chi connectivity index (χ4n) is 3.50. The number of aryl methyl sites for hydroxylation is 1. The third kappa shape index (κ3) is 3.94. The average molecular weight is 380 g/mol. The van der Waals surface area contributed by atoms with Gasteiger partial charge in [0.25, 0.3) is 0 Å². The van der Waals surface area contributed by atoms with E-state index in [4.69, 9.17) is 5.10 Å². The topological polar surface area (TPSA) is 55.1 Å². The first-order chi connectivity index (χ1) is 11.3. The normalized spacial score (nSPS) is 16.9. The van der Waals surface area contributed by atoms with Gasteiger partial charge in [0.1, 0.15) is 0 Å². The zero-order valence-corrected chi connectivity index (χ0v) is 15.8. The van der Waals surface area contributed by atoms with Crippen LogP contribution in [0.15, 0.2) is 36.8 Å². The van der Waals surface area contributed by atoms with Crippen molar-refractivity contribution in [2.75, 3.05) is 13.1 Å². The first kappa shape index (κ1) is 19.6. The van der Waals surface area contributed by atoms with Crippen molar-refractivity contribution in [2.24, 2.45) is 5.92 Å². The molecule has 1 unspecified atom stereocenters. The molecule has 0 saturated carbocycles. The van der Waals surface area contributed by atoms with Gasteiger partial charge in [0.05, 0.1) is 5.69 Å². The molecule has 1 saturated heterocycles. The van der Waals surface area contributed by atoms with Gasteiger partial charge in [-0.1, -0.05) is 0 Å². The number of halogens is 2. The quantitative estimate of drug-likeness (QED) is 0.756. The van der Waals surface area contributed by atoms with Gasteiger partial charge in [0, 0.05) is 29.8 Å². The summed E-state index contributed by atoms with van der Waals surface area (Å²) >= 11 is 0. The van der Waals surface area contributed by atoms with Gasteiger partial charge in [0.15, 0.2) is 5.65 Å². The highest BCUT2D eigenvalue weighted by Crippen LogP contribution is 2.27. The Labute approximate surface area is 160 Å². The van der Waals surface area contributed by atoms with Crippen LogP contribution >= 0.6 is 24.8 Å². The maximum absolute atomic E-state index is 4.77. The minimum absolute atomic E-state index is 0. The predicted octanol–water partition coefficient (Wildman–Crippen LogP) is 3.49. The van der Waals surface area contributed by atoms with Gasteiger partial charge >= 0.3 is 0 Å². The van der Waals surface area contributed by atoms with E-state index in [9.17, 15) is 0 Å². The SMILES string of the molecule is Cc1nn2c(CC3CCCNC3)ccnc2c1-c1ccncc1.Cl.Cl. The molecule has 0 spiro atoms. The molecule has 0 radical (unpaired) electrons. The highest BCUT2D eigenvalue weighted by Gasteiger charge is 2.18. The van der Waals surface area contributed by atoms with Crippen LogP contribution in [0.4, 0.5) is 0 Å². The van der Waals surface area contributed by atoms with E-state index >= 15 is 0 Å². The molecule has 3 aromatic heterocycles. The van der Waals surface area contributed by atoms with Crippen molar-refractivity contribution in [3.05, 3.63) is 48.2 Å². The van der Waals surface area contributed by atoms with Crippen molar-refractivity contribution >= 4 is 30.5 Å². The lowest BCUT2D eigenvalue weighted by molar-refractivity contribution is 0.371. The Hall–Kier alpha value is -1.69. The Morgan fingerprint density at radius 3 is 2.68 bits per heavy atom. The van der Waals surface area contributed by atoms with Gasteiger partial charge in [-0.15, -0.1) is 24.8 Å². The monoisotopic (exact) mass is 379 g/mol. The third-order valence-corrected chi connectivity index (χ3v) is 4.64. The Kier molecular flexibility index (Phi) is 6.76. The van der Waals surface area contributed by atoms with E-state index in [1.165, 1.54) is 18.5 Å². The number of rotatable bonds is 3. The van der Waals surface area contributed by atoms with Crippen LogP contribution in [0.3, 0.4) is 0 Å². The molecule has 4 rings (SSSR count). The summed E-state index contributed by atoms with van der Waals surface area (Å²) in [5.74, 6) is 0.684. The van der Waals surface area contributed by atoms with E-state index in [0.717, 1.165) is 42.0 Å². The number of nitrogens with zero attached hydrogens (tertiary/aromatic N) is 4. The number of aromatic nitrogens is 4. The molecule has 0 aliphatic carbocycles. The largest absolute Gasteiger partial charge is 0.316 e. The highest BCUT2D eigenvalue weighted by atomic mass is 35.5. The molecule has 1 N–H and O–H groups in total. The molecule has 1 aliphatic rings. The zero-order valence-electron chi connectivity index (χ0n) is 14.2. The molecule has 1 atom stereocenters. The number of hydrogen-bond donors (Lipinski definition) is 1. The van der Waals surface area contributed by atoms with Crippen LogP contribution in [-0.2, 0) is 6.42 Å². The number of nitrogens with one attached hydrogen (secondary N) is 1. The number of piperidine rings is 1. The van der Waals surface area contributed by atoms with Crippen LogP contribution in [0.1, 0.15) is 24.2 Å². The summed E-state index contributed by atoms with van der Waals surface area (Å²) in [6, 6.07) is 6.14. The zero-order chi connectivity index (χ0) is 15.6. The fraction of sp³-hybridized carbons (Fsp3) is 0.389. The number of hydrogen-bond acceptors (Lipinski definition) is 4. The second-order valence-corrected chi connectivity index (χ2v) is 6.28. The summed E-state index contributed by atoms with van der Waals surface area (Å²) in [4.78, 5) is 8.70. The second-order valence-electron chi connectivity index (χ2n) is 6.28. The van der Waals surface area contributed by atoms with Crippen LogP contribution in [0.25, 0.3) is 16.8 Å². The second kappa shape index (κ2) is 8.61. The fourth-order valence-corrected chi connectivity index (χ4v) is 3.50. The minimum Gasteiger partial charge on any atom is -0.316 e. The Balaban J connectivity index is 0.00000113. The van der Waals surface area contributed by atoms with Crippen LogP contribution in [0.2, 0.25) is 0 Å². The highest BCUT2D eigenvalue weighted by molar-refractivity contribution is 5.85. The van der Waals surface area contributed by atoms with E-state index in [1.54, 1.807) is 0 Å². The molecule has 4 heterocycles. The molecule has 5 nitrogen and oxygen atoms in total. The molecule has 25 heavy (non-hydrogen) atoms. The van der Waals surface area contributed by atoms with E-state index in [-0.39, 0.29) is 24.8 Å². The van der Waals surface area contributed by atoms with Gasteiger partial charge in [-0.25, -0.2) is 9.50 Å². The van der Waals surface area contributed by atoms with E-state index in [2.05, 4.69) is 28.3 Å². The van der Waals surface area contributed by atoms with E-state index in [0.29, 0.717) is 5.92 Å². The summed E-state index contributed by atoms with van der Waals surface area (Å²) in [7, 11) is 0. The summed E-state index contributed by atoms with van der Waals surface area (Å²) < 4.78 is 2.03. The first-order valence-corrected chi connectivity index (χ1v) is 8.27. The summed E-state index contributed by atoms with van der Waals surface area (Å²) in [6.07, 6.45) is 9.13. The molecule has 1 aliphatic heterocycles. The Bertz CT molecular complexity index is 813. The van der Waals surface area contributed by atoms with Gasteiger partial charge in [-0.3, -0.25) is 4.98 Å². The average Bonchev–Trinajstić information content (AvgIpc) is 2.94. The number of fused-ring (bicyclic) bond motifs is 1. The smallest absolute Gasteiger partial charge is 0.163 e. The maximum atomic E-state index is 4.77. The Morgan fingerprint density at radius 2 is 1.96 bits per heavy atom. The predicted molar refractivity (Wildman–Crippen MR) is 105 cm³/mol. The van der Waals surface area contributed by atoms with Crippen LogP contribution < -0.4 is 5.32 Å². The van der Waals surface area contributed by atoms with E-state index < -0.39 is 0 Å². The van der Waals surface area contributed by atoms with Crippen molar-refractivity contribution in [2.45, 2.75) is 26.2 Å². The molecule has 1 fully saturated rings. The minimum atomic E-state index is 0. The van der Waals surface area contributed by atoms with Crippen LogP contribution in [-0.4, -0.2) is 32.7 Å². The molecule has 0 bridgehead atoms. The molecule has 7 heteroatoms. The first-order valence-electron chi connectivity index (χ1n) is 8.27. The maximum Gasteiger partial charge on any atom is 0.163 e. The van der Waals surface area contributed by atoms with Gasteiger partial charge in [0.2, 0.25) is 0 Å². The van der Waals surface area contributed by atoms with Crippen molar-refractivity contribution in [1.82, 2.24) is 24.9 Å². The molecular formula is C18H23Cl2N5. The van der Waals surface area contributed by atoms with Crippen molar-refractivity contribution < 1.29 is 0 Å². The van der Waals surface area contributed by atoms with Gasteiger partial charge < -0.3 is 5.32 Å². The van der Waals surface area contributed by atoms with Crippen molar-refractivity contribution in [1.29, 1.82) is 0 Å². The lowest BCUT2D eigenvalue weighted by Crippen LogP contribution is -2.31. The lowest BCUT2D eigenvalue weighted by atomic mass is 9.94. The molecule has 0 amide bonds. The Morgan fingerprint density at radius 1 is 1.16 bits per heavy atom. The van der Waals surface area contributed by atoms with Gasteiger partial charge in [-0.05, 0) is 69.0 Å². The summed E-state index contributed by atoms with van der Waals surface area (Å²) in [6.45, 7) is 4.30. The van der Waals surface area contributed by atoms with Crippen LogP contribution in [0, 0.1) is 12.8 Å². The summed E-state index contributed by atoms with van der Waals surface area (Å²) in [5, 5.41) is 8.26. The van der Waals surface area contributed by atoms with Crippen LogP contribution in [0.5, 0.6) is 0 Å². The number of pyridine rings is 1.